The topological polar surface area (TPSA) is 91.9 Å². The lowest BCUT2D eigenvalue weighted by Crippen LogP contribution is -2.17. The quantitative estimate of drug-likeness (QED) is 0.184. The predicted molar refractivity (Wildman–Crippen MR) is 144 cm³/mol. The molecular formula is C27H18ClF6N5O3S. The van der Waals surface area contributed by atoms with Crippen LogP contribution < -0.4 is 4.74 Å². The number of aryl methyl sites for hydroxylation is 1. The Balaban J connectivity index is 1.71. The van der Waals surface area contributed by atoms with E-state index in [9.17, 15) is 34.8 Å². The number of sulfone groups is 1. The minimum Gasteiger partial charge on any atom is -0.404 e. The predicted octanol–water partition coefficient (Wildman–Crippen LogP) is 7.07. The molecule has 0 aliphatic rings. The van der Waals surface area contributed by atoms with Crippen LogP contribution in [-0.4, -0.2) is 45.6 Å². The first-order valence-electron chi connectivity index (χ1n) is 12.1. The zero-order chi connectivity index (χ0) is 31.3. The van der Waals surface area contributed by atoms with Gasteiger partial charge in [-0.25, -0.2) is 18.1 Å². The molecule has 43 heavy (non-hydrogen) atoms. The van der Waals surface area contributed by atoms with Crippen LogP contribution in [0.25, 0.3) is 33.8 Å². The SMILES string of the molecule is Cc1nc(C(F)(F)F)cn1-c1ccc(-c2cccc(S(C)(=O)=O)c2)cc1-n1nncc1-c1ccc(OC(F)(F)F)c(Cl)c1. The van der Waals surface area contributed by atoms with Gasteiger partial charge < -0.3 is 9.30 Å². The Hall–Kier alpha value is -4.37. The molecule has 2 heterocycles. The fourth-order valence-corrected chi connectivity index (χ4v) is 5.20. The van der Waals surface area contributed by atoms with E-state index in [0.717, 1.165) is 18.5 Å². The second kappa shape index (κ2) is 10.7. The first kappa shape index (κ1) is 30.1. The number of imidazole rings is 1. The number of rotatable bonds is 6. The molecule has 0 unspecified atom stereocenters. The number of ether oxygens (including phenoxy) is 1. The van der Waals surface area contributed by atoms with Crippen molar-refractivity contribution in [3.05, 3.63) is 89.6 Å². The maximum absolute atomic E-state index is 13.5. The maximum atomic E-state index is 13.5. The minimum atomic E-state index is -4.98. The van der Waals surface area contributed by atoms with Crippen LogP contribution in [0.2, 0.25) is 5.02 Å². The highest BCUT2D eigenvalue weighted by atomic mass is 35.5. The fraction of sp³-hybridized carbons (Fsp3) is 0.148. The van der Waals surface area contributed by atoms with Crippen LogP contribution in [-0.2, 0) is 16.0 Å². The Morgan fingerprint density at radius 1 is 0.884 bits per heavy atom. The number of halogens is 7. The zero-order valence-corrected chi connectivity index (χ0v) is 23.5. The van der Waals surface area contributed by atoms with Gasteiger partial charge in [-0.15, -0.1) is 18.3 Å². The summed E-state index contributed by atoms with van der Waals surface area (Å²) >= 11 is 6.06. The number of nitrogens with zero attached hydrogens (tertiary/aromatic N) is 5. The molecule has 0 N–H and O–H groups in total. The summed E-state index contributed by atoms with van der Waals surface area (Å²) in [5.74, 6) is -0.641. The standard InChI is InChI=1S/C27H18ClF6N5O3S/c1-15-36-25(26(29,30)31)14-38(15)21-8-6-17(16-4-3-5-19(10-16)43(2,40)41)12-22(21)39-23(13-35-37-39)18-7-9-24(20(28)11-18)42-27(32,33)34/h3-14H,1-2H3. The lowest BCUT2D eigenvalue weighted by Gasteiger charge is -2.16. The van der Waals surface area contributed by atoms with Crippen LogP contribution in [0.3, 0.4) is 0 Å². The highest BCUT2D eigenvalue weighted by Crippen LogP contribution is 2.37. The molecule has 0 aliphatic heterocycles. The summed E-state index contributed by atoms with van der Waals surface area (Å²) in [6, 6.07) is 14.2. The van der Waals surface area contributed by atoms with Crippen molar-refractivity contribution < 1.29 is 39.5 Å². The normalized spacial score (nSPS) is 12.5. The molecule has 0 saturated carbocycles. The van der Waals surface area contributed by atoms with Gasteiger partial charge in [-0.05, 0) is 60.5 Å². The Morgan fingerprint density at radius 2 is 1.58 bits per heavy atom. The molecule has 8 nitrogen and oxygen atoms in total. The number of hydrogen-bond donors (Lipinski definition) is 0. The minimum absolute atomic E-state index is 0.00115. The molecule has 0 atom stereocenters. The van der Waals surface area contributed by atoms with Gasteiger partial charge in [0.15, 0.2) is 15.5 Å². The molecule has 0 fully saturated rings. The van der Waals surface area contributed by atoms with Crippen molar-refractivity contribution in [2.75, 3.05) is 6.26 Å². The van der Waals surface area contributed by atoms with E-state index < -0.39 is 33.8 Å². The second-order valence-electron chi connectivity index (χ2n) is 9.27. The van der Waals surface area contributed by atoms with Gasteiger partial charge in [0.25, 0.3) is 0 Å². The summed E-state index contributed by atoms with van der Waals surface area (Å²) in [5.41, 5.74) is 0.690. The first-order valence-corrected chi connectivity index (χ1v) is 14.3. The molecule has 16 heteroatoms. The van der Waals surface area contributed by atoms with Crippen molar-refractivity contribution in [1.82, 2.24) is 24.5 Å². The van der Waals surface area contributed by atoms with E-state index in [2.05, 4.69) is 20.0 Å². The molecule has 2 aromatic heterocycles. The van der Waals surface area contributed by atoms with E-state index >= 15 is 0 Å². The van der Waals surface area contributed by atoms with Crippen LogP contribution in [0.4, 0.5) is 26.3 Å². The Labute approximate surface area is 245 Å². The molecule has 224 valence electrons. The van der Waals surface area contributed by atoms with Crippen molar-refractivity contribution in [2.45, 2.75) is 24.4 Å². The summed E-state index contributed by atoms with van der Waals surface area (Å²) in [7, 11) is -3.56. The van der Waals surface area contributed by atoms with E-state index in [-0.39, 0.29) is 38.4 Å². The highest BCUT2D eigenvalue weighted by Gasteiger charge is 2.35. The third-order valence-electron chi connectivity index (χ3n) is 6.23. The molecule has 0 radical (unpaired) electrons. The molecule has 3 aromatic carbocycles. The van der Waals surface area contributed by atoms with Gasteiger partial charge in [-0.3, -0.25) is 0 Å². The first-order chi connectivity index (χ1) is 20.0. The van der Waals surface area contributed by atoms with Crippen LogP contribution in [0.5, 0.6) is 5.75 Å². The van der Waals surface area contributed by atoms with Crippen LogP contribution >= 0.6 is 11.6 Å². The number of hydrogen-bond acceptors (Lipinski definition) is 6. The van der Waals surface area contributed by atoms with Gasteiger partial charge in [-0.1, -0.05) is 35.0 Å². The number of alkyl halides is 6. The fourth-order valence-electron chi connectivity index (χ4n) is 4.31. The van der Waals surface area contributed by atoms with Gasteiger partial charge in [0.2, 0.25) is 0 Å². The molecule has 5 rings (SSSR count). The largest absolute Gasteiger partial charge is 0.573 e. The Morgan fingerprint density at radius 3 is 2.21 bits per heavy atom. The van der Waals surface area contributed by atoms with E-state index in [1.54, 1.807) is 24.3 Å². The maximum Gasteiger partial charge on any atom is 0.573 e. The molecule has 0 aliphatic carbocycles. The zero-order valence-electron chi connectivity index (χ0n) is 21.9. The van der Waals surface area contributed by atoms with Crippen LogP contribution in [0, 0.1) is 6.92 Å². The van der Waals surface area contributed by atoms with Crippen molar-refractivity contribution in [1.29, 1.82) is 0 Å². The van der Waals surface area contributed by atoms with Gasteiger partial charge in [0.05, 0.1) is 33.2 Å². The molecule has 0 amide bonds. The monoisotopic (exact) mass is 641 g/mol. The van der Waals surface area contributed by atoms with Crippen LogP contribution in [0.15, 0.2) is 78.0 Å². The molecule has 0 bridgehead atoms. The average molecular weight is 642 g/mol. The average Bonchev–Trinajstić information content (AvgIpc) is 3.55. The van der Waals surface area contributed by atoms with Gasteiger partial charge in [0.1, 0.15) is 11.6 Å². The second-order valence-corrected chi connectivity index (χ2v) is 11.7. The van der Waals surface area contributed by atoms with Gasteiger partial charge >= 0.3 is 12.5 Å². The summed E-state index contributed by atoms with van der Waals surface area (Å²) in [4.78, 5) is 3.68. The third-order valence-corrected chi connectivity index (χ3v) is 7.64. The summed E-state index contributed by atoms with van der Waals surface area (Å²) in [6.45, 7) is 1.38. The summed E-state index contributed by atoms with van der Waals surface area (Å²) < 4.78 is 109. The van der Waals surface area contributed by atoms with Crippen LogP contribution in [0.1, 0.15) is 11.5 Å². The van der Waals surface area contributed by atoms with E-state index in [0.29, 0.717) is 11.1 Å². The van der Waals surface area contributed by atoms with Crippen molar-refractivity contribution in [2.24, 2.45) is 0 Å². The Kier molecular flexibility index (Phi) is 7.50. The number of aromatic nitrogens is 5. The van der Waals surface area contributed by atoms with E-state index in [1.807, 2.05) is 0 Å². The van der Waals surface area contributed by atoms with E-state index in [4.69, 9.17) is 11.6 Å². The van der Waals surface area contributed by atoms with Crippen molar-refractivity contribution >= 4 is 21.4 Å². The molecule has 0 saturated heterocycles. The molecular weight excluding hydrogens is 624 g/mol. The van der Waals surface area contributed by atoms with E-state index in [1.165, 1.54) is 52.7 Å². The smallest absolute Gasteiger partial charge is 0.404 e. The molecule has 0 spiro atoms. The Bertz CT molecular complexity index is 1950. The van der Waals surface area contributed by atoms with Crippen molar-refractivity contribution in [3.8, 4) is 39.5 Å². The number of benzene rings is 3. The van der Waals surface area contributed by atoms with Gasteiger partial charge in [-0.2, -0.15) is 13.2 Å². The lowest BCUT2D eigenvalue weighted by molar-refractivity contribution is -0.274. The summed E-state index contributed by atoms with van der Waals surface area (Å²) in [5, 5.41) is 7.64. The lowest BCUT2D eigenvalue weighted by atomic mass is 10.0. The highest BCUT2D eigenvalue weighted by molar-refractivity contribution is 7.90. The summed E-state index contributed by atoms with van der Waals surface area (Å²) in [6.07, 6.45) is -6.54. The van der Waals surface area contributed by atoms with Crippen molar-refractivity contribution in [3.63, 3.8) is 0 Å². The van der Waals surface area contributed by atoms with Gasteiger partial charge in [0, 0.05) is 18.0 Å². The third kappa shape index (κ3) is 6.37. The molecule has 5 aromatic rings.